The van der Waals surface area contributed by atoms with Crippen LogP contribution in [0.5, 0.6) is 5.75 Å². The van der Waals surface area contributed by atoms with Crippen molar-refractivity contribution in [3.8, 4) is 23.0 Å². The average Bonchev–Trinajstić information content (AvgIpc) is 3.52. The molecule has 0 fully saturated rings. The molecule has 0 aliphatic carbocycles. The van der Waals surface area contributed by atoms with E-state index in [9.17, 15) is 4.79 Å². The van der Waals surface area contributed by atoms with Gasteiger partial charge in [0.2, 0.25) is 11.7 Å². The number of rotatable bonds is 11. The summed E-state index contributed by atoms with van der Waals surface area (Å²) in [6.07, 6.45) is 4.97. The van der Waals surface area contributed by atoms with Crippen molar-refractivity contribution in [3.05, 3.63) is 73.0 Å². The van der Waals surface area contributed by atoms with Crippen molar-refractivity contribution in [2.75, 3.05) is 17.7 Å². The summed E-state index contributed by atoms with van der Waals surface area (Å²) >= 11 is 1.32. The molecule has 2 heterocycles. The number of para-hydroxylation sites is 1. The predicted octanol–water partition coefficient (Wildman–Crippen LogP) is 5.83. The van der Waals surface area contributed by atoms with E-state index in [2.05, 4.69) is 22.4 Å². The second kappa shape index (κ2) is 11.4. The number of hydrogen-bond acceptors (Lipinski definition) is 6. The van der Waals surface area contributed by atoms with Crippen LogP contribution in [-0.2, 0) is 4.79 Å². The molecule has 8 heteroatoms. The Bertz CT molecular complexity index is 1140. The molecule has 0 aliphatic rings. The number of amides is 1. The molecule has 4 aromatic rings. The molecule has 0 unspecified atom stereocenters. The van der Waals surface area contributed by atoms with Crippen molar-refractivity contribution >= 4 is 23.4 Å². The normalized spacial score (nSPS) is 10.8. The van der Waals surface area contributed by atoms with E-state index in [1.165, 1.54) is 11.8 Å². The van der Waals surface area contributed by atoms with Crippen LogP contribution in [0.4, 0.5) is 5.69 Å². The molecule has 0 saturated carbocycles. The number of nitrogens with one attached hydrogen (secondary N) is 1. The molecular formula is C25H26N4O3S. The van der Waals surface area contributed by atoms with Crippen molar-refractivity contribution in [2.24, 2.45) is 0 Å². The van der Waals surface area contributed by atoms with Crippen LogP contribution in [0.25, 0.3) is 17.3 Å². The van der Waals surface area contributed by atoms with Gasteiger partial charge in [0.05, 0.1) is 18.6 Å². The van der Waals surface area contributed by atoms with Crippen LogP contribution >= 0.6 is 11.8 Å². The van der Waals surface area contributed by atoms with Crippen LogP contribution in [0.2, 0.25) is 0 Å². The minimum absolute atomic E-state index is 0.126. The summed E-state index contributed by atoms with van der Waals surface area (Å²) in [7, 11) is 0. The molecule has 0 bridgehead atoms. The Morgan fingerprint density at radius 3 is 2.58 bits per heavy atom. The lowest BCUT2D eigenvalue weighted by molar-refractivity contribution is -0.113. The molecule has 0 atom stereocenters. The van der Waals surface area contributed by atoms with Crippen LogP contribution in [0.1, 0.15) is 26.2 Å². The zero-order chi connectivity index (χ0) is 22.9. The first-order valence-corrected chi connectivity index (χ1v) is 11.9. The Labute approximate surface area is 197 Å². The van der Waals surface area contributed by atoms with E-state index in [0.717, 1.165) is 36.4 Å². The minimum Gasteiger partial charge on any atom is -0.494 e. The third-order valence-corrected chi connectivity index (χ3v) is 5.81. The molecular weight excluding hydrogens is 436 g/mol. The molecule has 33 heavy (non-hydrogen) atoms. The lowest BCUT2D eigenvalue weighted by Crippen LogP contribution is -2.14. The van der Waals surface area contributed by atoms with E-state index in [1.54, 1.807) is 12.3 Å². The fourth-order valence-corrected chi connectivity index (χ4v) is 3.99. The zero-order valence-electron chi connectivity index (χ0n) is 18.4. The van der Waals surface area contributed by atoms with Gasteiger partial charge in [-0.3, -0.25) is 9.36 Å². The summed E-state index contributed by atoms with van der Waals surface area (Å²) < 4.78 is 13.1. The third kappa shape index (κ3) is 6.04. The monoisotopic (exact) mass is 462 g/mol. The van der Waals surface area contributed by atoms with Crippen molar-refractivity contribution in [1.82, 2.24) is 14.8 Å². The number of unbranched alkanes of at least 4 members (excludes halogenated alkanes) is 2. The van der Waals surface area contributed by atoms with Gasteiger partial charge in [-0.25, -0.2) is 0 Å². The molecule has 0 radical (unpaired) electrons. The summed E-state index contributed by atoms with van der Waals surface area (Å²) in [6.45, 7) is 2.87. The van der Waals surface area contributed by atoms with Gasteiger partial charge in [-0.05, 0) is 55.0 Å². The highest BCUT2D eigenvalue weighted by Crippen LogP contribution is 2.28. The number of nitrogens with zero attached hydrogens (tertiary/aromatic N) is 3. The number of thioether (sulfide) groups is 1. The fourth-order valence-electron chi connectivity index (χ4n) is 3.24. The average molecular weight is 463 g/mol. The lowest BCUT2D eigenvalue weighted by atomic mass is 10.2. The molecule has 0 aliphatic heterocycles. The van der Waals surface area contributed by atoms with Gasteiger partial charge in [-0.1, -0.05) is 49.7 Å². The molecule has 170 valence electrons. The van der Waals surface area contributed by atoms with E-state index in [1.807, 2.05) is 65.2 Å². The van der Waals surface area contributed by atoms with Crippen molar-refractivity contribution in [1.29, 1.82) is 0 Å². The quantitative estimate of drug-likeness (QED) is 0.223. The van der Waals surface area contributed by atoms with E-state index in [-0.39, 0.29) is 11.7 Å². The van der Waals surface area contributed by atoms with Crippen molar-refractivity contribution in [2.45, 2.75) is 31.3 Å². The summed E-state index contributed by atoms with van der Waals surface area (Å²) in [6, 6.07) is 20.8. The third-order valence-electron chi connectivity index (χ3n) is 4.88. The number of benzene rings is 2. The Balaban J connectivity index is 1.39. The highest BCUT2D eigenvalue weighted by Gasteiger charge is 2.18. The maximum absolute atomic E-state index is 12.6. The predicted molar refractivity (Wildman–Crippen MR) is 130 cm³/mol. The van der Waals surface area contributed by atoms with Gasteiger partial charge >= 0.3 is 0 Å². The lowest BCUT2D eigenvalue weighted by Gasteiger charge is -2.10. The Morgan fingerprint density at radius 2 is 1.85 bits per heavy atom. The van der Waals surface area contributed by atoms with Gasteiger partial charge in [-0.15, -0.1) is 10.2 Å². The van der Waals surface area contributed by atoms with Gasteiger partial charge in [0.15, 0.2) is 10.9 Å². The van der Waals surface area contributed by atoms with E-state index in [0.29, 0.717) is 23.3 Å². The topological polar surface area (TPSA) is 82.2 Å². The van der Waals surface area contributed by atoms with Gasteiger partial charge in [-0.2, -0.15) is 0 Å². The SMILES string of the molecule is CCCCCOc1ccc(NC(=O)CSc2nnc(-c3ccco3)n2-c2ccccc2)cc1. The fraction of sp³-hybridized carbons (Fsp3) is 0.240. The summed E-state index contributed by atoms with van der Waals surface area (Å²) in [5.74, 6) is 2.07. The van der Waals surface area contributed by atoms with Gasteiger partial charge in [0.25, 0.3) is 0 Å². The molecule has 4 rings (SSSR count). The largest absolute Gasteiger partial charge is 0.494 e. The number of aromatic nitrogens is 3. The zero-order valence-corrected chi connectivity index (χ0v) is 19.3. The Kier molecular flexibility index (Phi) is 7.81. The number of ether oxygens (including phenoxy) is 1. The van der Waals surface area contributed by atoms with Crippen LogP contribution in [0.3, 0.4) is 0 Å². The molecule has 0 saturated heterocycles. The first-order chi connectivity index (χ1) is 16.2. The molecule has 0 spiro atoms. The van der Waals surface area contributed by atoms with Crippen LogP contribution in [0, 0.1) is 0 Å². The minimum atomic E-state index is -0.126. The molecule has 2 aromatic carbocycles. The maximum atomic E-state index is 12.6. The highest BCUT2D eigenvalue weighted by molar-refractivity contribution is 7.99. The van der Waals surface area contributed by atoms with E-state index in [4.69, 9.17) is 9.15 Å². The second-order valence-corrected chi connectivity index (χ2v) is 8.31. The Morgan fingerprint density at radius 1 is 1.03 bits per heavy atom. The van der Waals surface area contributed by atoms with Crippen LogP contribution in [0.15, 0.2) is 82.6 Å². The molecule has 2 aromatic heterocycles. The van der Waals surface area contributed by atoms with E-state index < -0.39 is 0 Å². The molecule has 7 nitrogen and oxygen atoms in total. The van der Waals surface area contributed by atoms with Crippen molar-refractivity contribution < 1.29 is 13.9 Å². The number of carbonyl (C=O) groups excluding carboxylic acids is 1. The van der Waals surface area contributed by atoms with Gasteiger partial charge in [0.1, 0.15) is 5.75 Å². The summed E-state index contributed by atoms with van der Waals surface area (Å²) in [4.78, 5) is 12.6. The number of furan rings is 1. The van der Waals surface area contributed by atoms with Gasteiger partial charge in [0, 0.05) is 11.4 Å². The van der Waals surface area contributed by atoms with Crippen LogP contribution < -0.4 is 10.1 Å². The molecule has 1 N–H and O–H groups in total. The standard InChI is InChI=1S/C25H26N4O3S/c1-2-3-7-16-31-21-14-12-19(13-15-21)26-23(30)18-33-25-28-27-24(22-11-8-17-32-22)29(25)20-9-5-4-6-10-20/h4-6,8-15,17H,2-3,7,16,18H2,1H3,(H,26,30). The maximum Gasteiger partial charge on any atom is 0.234 e. The second-order valence-electron chi connectivity index (χ2n) is 7.37. The number of hydrogen-bond donors (Lipinski definition) is 1. The summed E-state index contributed by atoms with van der Waals surface area (Å²) in [5.41, 5.74) is 1.62. The van der Waals surface area contributed by atoms with E-state index >= 15 is 0 Å². The Hall–Kier alpha value is -3.52. The number of anilines is 1. The smallest absolute Gasteiger partial charge is 0.234 e. The first kappa shape index (κ1) is 22.7. The highest BCUT2D eigenvalue weighted by atomic mass is 32.2. The van der Waals surface area contributed by atoms with Crippen LogP contribution in [-0.4, -0.2) is 33.0 Å². The first-order valence-electron chi connectivity index (χ1n) is 10.9. The molecule has 1 amide bonds. The number of carbonyl (C=O) groups is 1. The summed E-state index contributed by atoms with van der Waals surface area (Å²) in [5, 5.41) is 12.1. The van der Waals surface area contributed by atoms with Gasteiger partial charge < -0.3 is 14.5 Å². The van der Waals surface area contributed by atoms with Crippen molar-refractivity contribution in [3.63, 3.8) is 0 Å².